The summed E-state index contributed by atoms with van der Waals surface area (Å²) in [6.45, 7) is 1.45. The van der Waals surface area contributed by atoms with E-state index < -0.39 is 11.9 Å². The Morgan fingerprint density at radius 1 is 1.32 bits per heavy atom. The van der Waals surface area contributed by atoms with Crippen molar-refractivity contribution >= 4 is 23.4 Å². The Bertz CT molecular complexity index is 846. The van der Waals surface area contributed by atoms with Crippen LogP contribution in [0, 0.1) is 5.82 Å². The number of nitrogens with one attached hydrogen (secondary N) is 1. The van der Waals surface area contributed by atoms with Gasteiger partial charge in [0.25, 0.3) is 0 Å². The second-order valence-corrected chi connectivity index (χ2v) is 7.27. The third-order valence-electron chi connectivity index (χ3n) is 5.05. The van der Waals surface area contributed by atoms with Crippen molar-refractivity contribution in [3.63, 3.8) is 0 Å². The van der Waals surface area contributed by atoms with Gasteiger partial charge in [0, 0.05) is 11.6 Å². The molecule has 1 heterocycles. The molecule has 150 valence electrons. The smallest absolute Gasteiger partial charge is 0.411 e. The molecule has 0 radical (unpaired) electrons. The van der Waals surface area contributed by atoms with Crippen LogP contribution in [0.25, 0.3) is 11.1 Å². The zero-order chi connectivity index (χ0) is 20.1. The number of halogens is 2. The molecule has 3 rings (SSSR count). The average Bonchev–Trinajstić information content (AvgIpc) is 3.09. The van der Waals surface area contributed by atoms with Crippen LogP contribution >= 0.6 is 11.6 Å². The SMILES string of the molecule is COc1ccc(NC(=O)OCCC2CCCN2C)c(-c2ccc(F)c(Cl)c2)c1. The summed E-state index contributed by atoms with van der Waals surface area (Å²) < 4.78 is 24.1. The van der Waals surface area contributed by atoms with E-state index in [2.05, 4.69) is 17.3 Å². The minimum Gasteiger partial charge on any atom is -0.497 e. The lowest BCUT2D eigenvalue weighted by atomic mass is 10.0. The molecule has 2 aromatic carbocycles. The van der Waals surface area contributed by atoms with E-state index in [4.69, 9.17) is 21.1 Å². The molecule has 1 N–H and O–H groups in total. The highest BCUT2D eigenvalue weighted by Crippen LogP contribution is 2.34. The molecular formula is C21H24ClFN2O3. The molecule has 1 atom stereocenters. The highest BCUT2D eigenvalue weighted by molar-refractivity contribution is 6.31. The zero-order valence-corrected chi connectivity index (χ0v) is 16.8. The van der Waals surface area contributed by atoms with Crippen LogP contribution in [-0.2, 0) is 4.74 Å². The fraction of sp³-hybridized carbons (Fsp3) is 0.381. The first-order valence-electron chi connectivity index (χ1n) is 9.25. The van der Waals surface area contributed by atoms with Crippen LogP contribution in [-0.4, -0.2) is 44.3 Å². The van der Waals surface area contributed by atoms with E-state index in [1.54, 1.807) is 31.4 Å². The lowest BCUT2D eigenvalue weighted by Gasteiger charge is -2.19. The van der Waals surface area contributed by atoms with E-state index in [-0.39, 0.29) is 5.02 Å². The van der Waals surface area contributed by atoms with Gasteiger partial charge in [-0.3, -0.25) is 5.32 Å². The maximum atomic E-state index is 13.5. The molecule has 1 aliphatic heterocycles. The normalized spacial score (nSPS) is 16.8. The quantitative estimate of drug-likeness (QED) is 0.717. The van der Waals surface area contributed by atoms with Crippen molar-refractivity contribution in [1.82, 2.24) is 4.90 Å². The molecular weight excluding hydrogens is 383 g/mol. The van der Waals surface area contributed by atoms with Gasteiger partial charge in [-0.05, 0) is 68.8 Å². The monoisotopic (exact) mass is 406 g/mol. The van der Waals surface area contributed by atoms with Gasteiger partial charge in [0.15, 0.2) is 0 Å². The third-order valence-corrected chi connectivity index (χ3v) is 5.34. The van der Waals surface area contributed by atoms with Gasteiger partial charge in [0.2, 0.25) is 0 Å². The largest absolute Gasteiger partial charge is 0.497 e. The Labute approximate surface area is 169 Å². The number of anilines is 1. The highest BCUT2D eigenvalue weighted by atomic mass is 35.5. The summed E-state index contributed by atoms with van der Waals surface area (Å²) in [6.07, 6.45) is 2.60. The number of rotatable bonds is 6. The molecule has 1 unspecified atom stereocenters. The fourth-order valence-corrected chi connectivity index (χ4v) is 3.62. The third kappa shape index (κ3) is 4.94. The number of ether oxygens (including phenoxy) is 2. The number of carbonyl (C=O) groups is 1. The zero-order valence-electron chi connectivity index (χ0n) is 16.0. The second kappa shape index (κ2) is 9.26. The number of methoxy groups -OCH3 is 1. The van der Waals surface area contributed by atoms with E-state index in [1.807, 2.05) is 0 Å². The fourth-order valence-electron chi connectivity index (χ4n) is 3.44. The molecule has 1 amide bonds. The molecule has 5 nitrogen and oxygen atoms in total. The number of amides is 1. The van der Waals surface area contributed by atoms with Crippen LogP contribution in [0.4, 0.5) is 14.9 Å². The van der Waals surface area contributed by atoms with E-state index in [0.717, 1.165) is 19.4 Å². The number of nitrogens with zero attached hydrogens (tertiary/aromatic N) is 1. The van der Waals surface area contributed by atoms with Crippen molar-refractivity contribution in [2.75, 3.05) is 32.6 Å². The van der Waals surface area contributed by atoms with E-state index in [1.165, 1.54) is 18.6 Å². The second-order valence-electron chi connectivity index (χ2n) is 6.87. The number of hydrogen-bond donors (Lipinski definition) is 1. The van der Waals surface area contributed by atoms with Crippen molar-refractivity contribution in [2.45, 2.75) is 25.3 Å². The molecule has 1 fully saturated rings. The topological polar surface area (TPSA) is 50.8 Å². The molecule has 2 aromatic rings. The summed E-state index contributed by atoms with van der Waals surface area (Å²) in [5.74, 6) is 0.109. The van der Waals surface area contributed by atoms with Crippen LogP contribution in [0.5, 0.6) is 5.75 Å². The van der Waals surface area contributed by atoms with Crippen molar-refractivity contribution in [1.29, 1.82) is 0 Å². The molecule has 0 spiro atoms. The van der Waals surface area contributed by atoms with Crippen molar-refractivity contribution in [3.8, 4) is 16.9 Å². The number of hydrogen-bond acceptors (Lipinski definition) is 4. The number of carbonyl (C=O) groups excluding carboxylic acids is 1. The van der Waals surface area contributed by atoms with Gasteiger partial charge in [-0.25, -0.2) is 9.18 Å². The van der Waals surface area contributed by atoms with Crippen LogP contribution < -0.4 is 10.1 Å². The van der Waals surface area contributed by atoms with Crippen LogP contribution in [0.2, 0.25) is 5.02 Å². The number of likely N-dealkylation sites (tertiary alicyclic amines) is 1. The summed E-state index contributed by atoms with van der Waals surface area (Å²) in [5.41, 5.74) is 1.85. The average molecular weight is 407 g/mol. The lowest BCUT2D eigenvalue weighted by Crippen LogP contribution is -2.27. The maximum Gasteiger partial charge on any atom is 0.411 e. The number of benzene rings is 2. The predicted molar refractivity (Wildman–Crippen MR) is 109 cm³/mol. The Morgan fingerprint density at radius 2 is 2.14 bits per heavy atom. The molecule has 0 saturated carbocycles. The standard InChI is InChI=1S/C21H24ClFN2O3/c1-25-10-3-4-15(25)9-11-28-21(26)24-20-8-6-16(27-2)13-17(20)14-5-7-19(23)18(22)12-14/h5-8,12-13,15H,3-4,9-11H2,1-2H3,(H,24,26). The van der Waals surface area contributed by atoms with Gasteiger partial charge < -0.3 is 14.4 Å². The van der Waals surface area contributed by atoms with Crippen molar-refractivity contribution in [3.05, 3.63) is 47.2 Å². The summed E-state index contributed by atoms with van der Waals surface area (Å²) in [7, 11) is 3.65. The van der Waals surface area contributed by atoms with Gasteiger partial charge >= 0.3 is 6.09 Å². The van der Waals surface area contributed by atoms with Crippen LogP contribution in [0.1, 0.15) is 19.3 Å². The maximum absolute atomic E-state index is 13.5. The first-order valence-corrected chi connectivity index (χ1v) is 9.63. The Hall–Kier alpha value is -2.31. The van der Waals surface area contributed by atoms with Crippen molar-refractivity contribution < 1.29 is 18.7 Å². The van der Waals surface area contributed by atoms with Gasteiger partial charge in [-0.1, -0.05) is 17.7 Å². The minimum absolute atomic E-state index is 0.00882. The lowest BCUT2D eigenvalue weighted by molar-refractivity contribution is 0.147. The Morgan fingerprint density at radius 3 is 2.82 bits per heavy atom. The van der Waals surface area contributed by atoms with Gasteiger partial charge in [-0.2, -0.15) is 0 Å². The van der Waals surface area contributed by atoms with Crippen LogP contribution in [0.15, 0.2) is 36.4 Å². The van der Waals surface area contributed by atoms with Gasteiger partial charge in [0.1, 0.15) is 11.6 Å². The summed E-state index contributed by atoms with van der Waals surface area (Å²) in [4.78, 5) is 14.6. The molecule has 7 heteroatoms. The van der Waals surface area contributed by atoms with Gasteiger partial charge in [0.05, 0.1) is 24.4 Å². The molecule has 28 heavy (non-hydrogen) atoms. The first-order chi connectivity index (χ1) is 13.5. The highest BCUT2D eigenvalue weighted by Gasteiger charge is 2.21. The predicted octanol–water partition coefficient (Wildman–Crippen LogP) is 5.19. The van der Waals surface area contributed by atoms with Gasteiger partial charge in [-0.15, -0.1) is 0 Å². The Balaban J connectivity index is 1.70. The summed E-state index contributed by atoms with van der Waals surface area (Å²) in [5, 5.41) is 2.77. The minimum atomic E-state index is -0.528. The van der Waals surface area contributed by atoms with Crippen LogP contribution in [0.3, 0.4) is 0 Å². The van der Waals surface area contributed by atoms with Crippen molar-refractivity contribution in [2.24, 2.45) is 0 Å². The van der Waals surface area contributed by atoms with E-state index >= 15 is 0 Å². The Kier molecular flexibility index (Phi) is 6.75. The molecule has 0 bridgehead atoms. The summed E-state index contributed by atoms with van der Waals surface area (Å²) >= 11 is 5.92. The van der Waals surface area contributed by atoms with E-state index in [9.17, 15) is 9.18 Å². The molecule has 0 aliphatic carbocycles. The van der Waals surface area contributed by atoms with E-state index in [0.29, 0.717) is 35.2 Å². The molecule has 1 aliphatic rings. The molecule has 0 aromatic heterocycles. The molecule has 1 saturated heterocycles. The first kappa shape index (κ1) is 20.4. The summed E-state index contributed by atoms with van der Waals surface area (Å²) in [6, 6.07) is 10.1.